The first-order valence-electron chi connectivity index (χ1n) is 7.41. The van der Waals surface area contributed by atoms with E-state index in [1.54, 1.807) is 0 Å². The molecule has 4 aliphatic heterocycles. The standard InChI is InChI=1S/C13H21N5O/c1-3-14-4-2-10(1)13-15-12(16-19-13)11-9-17-5-7-18(11)8-6-17/h10-11,14H,1-9H2. The van der Waals surface area contributed by atoms with Gasteiger partial charge in [-0.25, -0.2) is 0 Å². The number of piperazine rings is 3. The van der Waals surface area contributed by atoms with Crippen LogP contribution in [0.3, 0.4) is 0 Å². The molecule has 1 aromatic heterocycles. The van der Waals surface area contributed by atoms with Gasteiger partial charge in [-0.05, 0) is 25.9 Å². The van der Waals surface area contributed by atoms with Gasteiger partial charge in [0.2, 0.25) is 5.89 Å². The summed E-state index contributed by atoms with van der Waals surface area (Å²) in [6, 6.07) is 0.349. The SMILES string of the molecule is C1CC(c2nc(C3CN4CCN3CC4)no2)CCN1. The number of hydrogen-bond donors (Lipinski definition) is 1. The Bertz CT molecular complexity index is 434. The van der Waals surface area contributed by atoms with Crippen LogP contribution in [0.2, 0.25) is 0 Å². The van der Waals surface area contributed by atoms with Crippen molar-refractivity contribution in [2.75, 3.05) is 45.8 Å². The first kappa shape index (κ1) is 11.8. The van der Waals surface area contributed by atoms with Gasteiger partial charge in [0, 0.05) is 38.6 Å². The minimum absolute atomic E-state index is 0.349. The van der Waals surface area contributed by atoms with E-state index >= 15 is 0 Å². The molecule has 6 heteroatoms. The van der Waals surface area contributed by atoms with Gasteiger partial charge >= 0.3 is 0 Å². The predicted molar refractivity (Wildman–Crippen MR) is 69.9 cm³/mol. The second-order valence-electron chi connectivity index (χ2n) is 5.87. The summed E-state index contributed by atoms with van der Waals surface area (Å²) >= 11 is 0. The first-order valence-corrected chi connectivity index (χ1v) is 7.41. The summed E-state index contributed by atoms with van der Waals surface area (Å²) < 4.78 is 5.53. The third kappa shape index (κ3) is 2.17. The number of hydrogen-bond acceptors (Lipinski definition) is 6. The summed E-state index contributed by atoms with van der Waals surface area (Å²) in [5, 5.41) is 7.63. The zero-order chi connectivity index (χ0) is 12.7. The molecule has 19 heavy (non-hydrogen) atoms. The van der Waals surface area contributed by atoms with Crippen LogP contribution in [0.25, 0.3) is 0 Å². The van der Waals surface area contributed by atoms with Crippen molar-refractivity contribution in [1.82, 2.24) is 25.3 Å². The Labute approximate surface area is 113 Å². The molecule has 4 fully saturated rings. The Hall–Kier alpha value is -0.980. The Kier molecular flexibility index (Phi) is 3.01. The molecular formula is C13H21N5O. The van der Waals surface area contributed by atoms with Gasteiger partial charge in [0.05, 0.1) is 6.04 Å². The average molecular weight is 263 g/mol. The molecule has 1 N–H and O–H groups in total. The van der Waals surface area contributed by atoms with Crippen LogP contribution in [0.4, 0.5) is 0 Å². The lowest BCUT2D eigenvalue weighted by molar-refractivity contribution is 0.00781. The molecular weight excluding hydrogens is 242 g/mol. The molecule has 104 valence electrons. The van der Waals surface area contributed by atoms with Crippen LogP contribution in [0, 0.1) is 0 Å². The maximum absolute atomic E-state index is 5.53. The highest BCUT2D eigenvalue weighted by Gasteiger charge is 2.36. The lowest BCUT2D eigenvalue weighted by atomic mass is 9.98. The third-order valence-corrected chi connectivity index (χ3v) is 4.72. The van der Waals surface area contributed by atoms with Crippen LogP contribution in [0.15, 0.2) is 4.52 Å². The molecule has 0 saturated carbocycles. The van der Waals surface area contributed by atoms with Gasteiger partial charge in [-0.3, -0.25) is 9.80 Å². The zero-order valence-electron chi connectivity index (χ0n) is 11.2. The topological polar surface area (TPSA) is 57.4 Å². The number of nitrogens with one attached hydrogen (secondary N) is 1. The second kappa shape index (κ2) is 4.85. The van der Waals surface area contributed by atoms with E-state index < -0.39 is 0 Å². The van der Waals surface area contributed by atoms with Crippen LogP contribution in [0.5, 0.6) is 0 Å². The van der Waals surface area contributed by atoms with Crippen molar-refractivity contribution in [1.29, 1.82) is 0 Å². The fourth-order valence-corrected chi connectivity index (χ4v) is 3.48. The first-order chi connectivity index (χ1) is 9.40. The molecule has 1 aromatic rings. The van der Waals surface area contributed by atoms with Crippen molar-refractivity contribution in [3.05, 3.63) is 11.7 Å². The largest absolute Gasteiger partial charge is 0.339 e. The van der Waals surface area contributed by atoms with Gasteiger partial charge in [-0.2, -0.15) is 4.98 Å². The van der Waals surface area contributed by atoms with Crippen molar-refractivity contribution in [2.24, 2.45) is 0 Å². The summed E-state index contributed by atoms with van der Waals surface area (Å²) in [6.45, 7) is 7.84. The molecule has 0 radical (unpaired) electrons. The monoisotopic (exact) mass is 263 g/mol. The van der Waals surface area contributed by atoms with Gasteiger partial charge < -0.3 is 9.84 Å². The number of nitrogens with zero attached hydrogens (tertiary/aromatic N) is 4. The molecule has 1 unspecified atom stereocenters. The fraction of sp³-hybridized carbons (Fsp3) is 0.846. The van der Waals surface area contributed by atoms with Crippen LogP contribution in [0.1, 0.15) is 36.5 Å². The maximum atomic E-state index is 5.53. The number of fused-ring (bicyclic) bond motifs is 3. The molecule has 5 heterocycles. The molecule has 0 amide bonds. The van der Waals surface area contributed by atoms with E-state index in [4.69, 9.17) is 9.51 Å². The van der Waals surface area contributed by atoms with E-state index in [-0.39, 0.29) is 0 Å². The van der Waals surface area contributed by atoms with Gasteiger partial charge in [0.25, 0.3) is 0 Å². The summed E-state index contributed by atoms with van der Waals surface area (Å²) in [5.41, 5.74) is 0. The van der Waals surface area contributed by atoms with Crippen LogP contribution < -0.4 is 5.32 Å². The van der Waals surface area contributed by atoms with Crippen LogP contribution in [-0.2, 0) is 0 Å². The van der Waals surface area contributed by atoms with E-state index in [0.717, 1.165) is 57.3 Å². The average Bonchev–Trinajstić information content (AvgIpc) is 2.99. The molecule has 2 bridgehead atoms. The molecule has 6 nitrogen and oxygen atoms in total. The van der Waals surface area contributed by atoms with E-state index in [2.05, 4.69) is 20.3 Å². The van der Waals surface area contributed by atoms with E-state index in [9.17, 15) is 0 Å². The molecule has 4 aliphatic rings. The number of piperidine rings is 1. The van der Waals surface area contributed by atoms with Crippen molar-refractivity contribution >= 4 is 0 Å². The van der Waals surface area contributed by atoms with E-state index in [1.807, 2.05) is 0 Å². The highest BCUT2D eigenvalue weighted by Crippen LogP contribution is 2.29. The van der Waals surface area contributed by atoms with Crippen molar-refractivity contribution in [3.8, 4) is 0 Å². The minimum Gasteiger partial charge on any atom is -0.339 e. The van der Waals surface area contributed by atoms with Crippen molar-refractivity contribution in [2.45, 2.75) is 24.8 Å². The normalized spacial score (nSPS) is 35.7. The summed E-state index contributed by atoms with van der Waals surface area (Å²) in [4.78, 5) is 9.70. The molecule has 0 spiro atoms. The van der Waals surface area contributed by atoms with Crippen molar-refractivity contribution < 1.29 is 4.52 Å². The lowest BCUT2D eigenvalue weighted by Crippen LogP contribution is -2.57. The fourth-order valence-electron chi connectivity index (χ4n) is 3.48. The molecule has 1 atom stereocenters. The Morgan fingerprint density at radius 1 is 1.11 bits per heavy atom. The van der Waals surface area contributed by atoms with E-state index in [1.165, 1.54) is 13.1 Å². The lowest BCUT2D eigenvalue weighted by Gasteiger charge is -2.46. The van der Waals surface area contributed by atoms with Crippen molar-refractivity contribution in [3.63, 3.8) is 0 Å². The summed E-state index contributed by atoms with van der Waals surface area (Å²) in [7, 11) is 0. The van der Waals surface area contributed by atoms with Gasteiger partial charge in [0.1, 0.15) is 0 Å². The van der Waals surface area contributed by atoms with Crippen LogP contribution >= 0.6 is 0 Å². The number of rotatable bonds is 2. The smallest absolute Gasteiger partial charge is 0.229 e. The molecule has 0 aliphatic carbocycles. The zero-order valence-corrected chi connectivity index (χ0v) is 11.2. The minimum atomic E-state index is 0.349. The van der Waals surface area contributed by atoms with E-state index in [0.29, 0.717) is 12.0 Å². The highest BCUT2D eigenvalue weighted by atomic mass is 16.5. The Morgan fingerprint density at radius 2 is 1.89 bits per heavy atom. The third-order valence-electron chi connectivity index (χ3n) is 4.72. The number of aromatic nitrogens is 2. The highest BCUT2D eigenvalue weighted by molar-refractivity contribution is 5.04. The quantitative estimate of drug-likeness (QED) is 0.823. The predicted octanol–water partition coefficient (Wildman–Crippen LogP) is 0.209. The van der Waals surface area contributed by atoms with Gasteiger partial charge in [-0.15, -0.1) is 0 Å². The van der Waals surface area contributed by atoms with Gasteiger partial charge in [-0.1, -0.05) is 5.16 Å². The van der Waals surface area contributed by atoms with Gasteiger partial charge in [0.15, 0.2) is 5.82 Å². The summed E-state index contributed by atoms with van der Waals surface area (Å²) in [5.74, 6) is 2.21. The summed E-state index contributed by atoms with van der Waals surface area (Å²) in [6.07, 6.45) is 2.23. The second-order valence-corrected chi connectivity index (χ2v) is 5.87. The Morgan fingerprint density at radius 3 is 2.58 bits per heavy atom. The molecule has 0 aromatic carbocycles. The maximum Gasteiger partial charge on any atom is 0.229 e. The molecule has 5 rings (SSSR count). The molecule has 4 saturated heterocycles. The van der Waals surface area contributed by atoms with Crippen LogP contribution in [-0.4, -0.2) is 65.8 Å². The Balaban J connectivity index is 1.51.